The van der Waals surface area contributed by atoms with Crippen molar-refractivity contribution in [3.63, 3.8) is 0 Å². The summed E-state index contributed by atoms with van der Waals surface area (Å²) in [6.07, 6.45) is -0.979. The Balaban J connectivity index is 2.41. The number of ether oxygens (including phenoxy) is 1. The van der Waals surface area contributed by atoms with Gasteiger partial charge in [0.15, 0.2) is 5.75 Å². The molecule has 0 aliphatic heterocycles. The predicted molar refractivity (Wildman–Crippen MR) is 105 cm³/mol. The molecule has 6 heteroatoms. The van der Waals surface area contributed by atoms with E-state index in [-0.39, 0.29) is 0 Å². The summed E-state index contributed by atoms with van der Waals surface area (Å²) >= 11 is 6.01. The van der Waals surface area contributed by atoms with E-state index >= 15 is 0 Å². The van der Waals surface area contributed by atoms with Crippen LogP contribution >= 0.6 is 11.6 Å². The lowest BCUT2D eigenvalue weighted by molar-refractivity contribution is 0.0313. The molecular weight excluding hydrogens is 352 g/mol. The molecule has 2 rings (SSSR count). The van der Waals surface area contributed by atoms with Crippen molar-refractivity contribution in [1.82, 2.24) is 4.90 Å². The number of benzene rings is 2. The largest absolute Gasteiger partial charge is 0.465 e. The van der Waals surface area contributed by atoms with E-state index in [0.717, 1.165) is 5.56 Å². The Morgan fingerprint density at radius 2 is 1.77 bits per heavy atom. The first-order chi connectivity index (χ1) is 11.9. The highest BCUT2D eigenvalue weighted by Crippen LogP contribution is 2.37. The third kappa shape index (κ3) is 4.22. The van der Waals surface area contributed by atoms with E-state index in [0.29, 0.717) is 22.2 Å². The Bertz CT molecular complexity index is 813. The Labute approximate surface area is 159 Å². The molecule has 0 heterocycles. The van der Waals surface area contributed by atoms with Gasteiger partial charge in [-0.25, -0.2) is 4.79 Å². The van der Waals surface area contributed by atoms with Gasteiger partial charge in [-0.1, -0.05) is 23.7 Å². The van der Waals surface area contributed by atoms with Crippen LogP contribution in [0.1, 0.15) is 40.2 Å². The van der Waals surface area contributed by atoms with E-state index in [1.807, 2.05) is 52.8 Å². The number of hydrogen-bond donors (Lipinski definition) is 2. The number of nitrogen functional groups attached to an aromatic ring is 1. The standard InChI is InChI=1S/C20H25ClN2O3/c1-19(2,3)23(18(24)25)20(4,5)13-7-6-8-15(11-13)26-17-12-14(21)9-10-16(17)22/h6-12H,22H2,1-5H3,(H,24,25). The van der Waals surface area contributed by atoms with Crippen molar-refractivity contribution in [2.75, 3.05) is 5.73 Å². The Morgan fingerprint density at radius 1 is 1.12 bits per heavy atom. The minimum atomic E-state index is -0.979. The number of carboxylic acid groups (broad SMARTS) is 1. The molecule has 3 N–H and O–H groups in total. The van der Waals surface area contributed by atoms with E-state index in [4.69, 9.17) is 22.1 Å². The van der Waals surface area contributed by atoms with Crippen LogP contribution in [0.15, 0.2) is 42.5 Å². The maximum Gasteiger partial charge on any atom is 0.408 e. The zero-order chi connectivity index (χ0) is 19.7. The van der Waals surface area contributed by atoms with Gasteiger partial charge >= 0.3 is 6.09 Å². The smallest absolute Gasteiger partial charge is 0.408 e. The van der Waals surface area contributed by atoms with Crippen LogP contribution in [0.5, 0.6) is 11.5 Å². The van der Waals surface area contributed by atoms with Crippen molar-refractivity contribution in [3.8, 4) is 11.5 Å². The van der Waals surface area contributed by atoms with Crippen molar-refractivity contribution >= 4 is 23.4 Å². The van der Waals surface area contributed by atoms with Gasteiger partial charge < -0.3 is 15.6 Å². The molecule has 0 aliphatic carbocycles. The quantitative estimate of drug-likeness (QED) is 0.668. The molecule has 26 heavy (non-hydrogen) atoms. The van der Waals surface area contributed by atoms with Crippen molar-refractivity contribution in [3.05, 3.63) is 53.1 Å². The summed E-state index contributed by atoms with van der Waals surface area (Å²) in [5.74, 6) is 1.02. The summed E-state index contributed by atoms with van der Waals surface area (Å²) in [6.45, 7) is 9.36. The van der Waals surface area contributed by atoms with Gasteiger partial charge in [0.25, 0.3) is 0 Å². The van der Waals surface area contributed by atoms with Crippen molar-refractivity contribution < 1.29 is 14.6 Å². The first-order valence-electron chi connectivity index (χ1n) is 8.29. The fourth-order valence-electron chi connectivity index (χ4n) is 3.16. The summed E-state index contributed by atoms with van der Waals surface area (Å²) < 4.78 is 5.88. The molecule has 0 radical (unpaired) electrons. The van der Waals surface area contributed by atoms with Gasteiger partial charge in [0.2, 0.25) is 0 Å². The van der Waals surface area contributed by atoms with Gasteiger partial charge in [-0.2, -0.15) is 0 Å². The SMILES string of the molecule is CC(C)(C)N(C(=O)O)C(C)(C)c1cccc(Oc2cc(Cl)ccc2N)c1. The first-order valence-corrected chi connectivity index (χ1v) is 8.67. The topological polar surface area (TPSA) is 75.8 Å². The van der Waals surface area contributed by atoms with Crippen LogP contribution in [-0.2, 0) is 5.54 Å². The number of anilines is 1. The van der Waals surface area contributed by atoms with Crippen LogP contribution in [0.2, 0.25) is 5.02 Å². The van der Waals surface area contributed by atoms with Gasteiger partial charge in [-0.3, -0.25) is 4.90 Å². The van der Waals surface area contributed by atoms with E-state index in [1.54, 1.807) is 24.3 Å². The van der Waals surface area contributed by atoms with Gasteiger partial charge in [0.05, 0.1) is 11.2 Å². The zero-order valence-corrected chi connectivity index (χ0v) is 16.5. The molecule has 1 amide bonds. The summed E-state index contributed by atoms with van der Waals surface area (Å²) in [4.78, 5) is 13.3. The third-order valence-corrected chi connectivity index (χ3v) is 4.40. The third-order valence-electron chi connectivity index (χ3n) is 4.17. The molecule has 0 spiro atoms. The molecule has 0 saturated heterocycles. The number of hydrogen-bond acceptors (Lipinski definition) is 3. The second kappa shape index (κ2) is 7.08. The maximum atomic E-state index is 11.9. The van der Waals surface area contributed by atoms with Gasteiger partial charge in [-0.05, 0) is 64.4 Å². The van der Waals surface area contributed by atoms with E-state index in [1.165, 1.54) is 4.90 Å². The van der Waals surface area contributed by atoms with Crippen LogP contribution in [-0.4, -0.2) is 21.6 Å². The van der Waals surface area contributed by atoms with E-state index < -0.39 is 17.2 Å². The van der Waals surface area contributed by atoms with Crippen LogP contribution in [0.4, 0.5) is 10.5 Å². The molecule has 2 aromatic rings. The minimum absolute atomic E-state index is 0.457. The van der Waals surface area contributed by atoms with Crippen LogP contribution < -0.4 is 10.5 Å². The molecule has 0 aliphatic rings. The molecule has 0 fully saturated rings. The molecule has 2 aromatic carbocycles. The van der Waals surface area contributed by atoms with Gasteiger partial charge in [-0.15, -0.1) is 0 Å². The highest BCUT2D eigenvalue weighted by Gasteiger charge is 2.40. The number of halogens is 1. The molecule has 0 aromatic heterocycles. The van der Waals surface area contributed by atoms with Gasteiger partial charge in [0.1, 0.15) is 5.75 Å². The molecule has 0 bridgehead atoms. The molecule has 0 atom stereocenters. The second-order valence-corrected chi connectivity index (χ2v) is 8.10. The molecule has 0 unspecified atom stereocenters. The normalized spacial score (nSPS) is 11.9. The Hall–Kier alpha value is -2.40. The molecular formula is C20H25ClN2O3. The van der Waals surface area contributed by atoms with Crippen LogP contribution in [0, 0.1) is 0 Å². The van der Waals surface area contributed by atoms with E-state index in [2.05, 4.69) is 0 Å². The summed E-state index contributed by atoms with van der Waals surface area (Å²) in [6, 6.07) is 12.3. The lowest BCUT2D eigenvalue weighted by atomic mass is 9.88. The monoisotopic (exact) mass is 376 g/mol. The second-order valence-electron chi connectivity index (χ2n) is 7.66. The molecule has 5 nitrogen and oxygen atoms in total. The summed E-state index contributed by atoms with van der Waals surface area (Å²) in [5, 5.41) is 10.3. The highest BCUT2D eigenvalue weighted by molar-refractivity contribution is 6.30. The Morgan fingerprint density at radius 3 is 2.35 bits per heavy atom. The average Bonchev–Trinajstić information content (AvgIpc) is 2.49. The van der Waals surface area contributed by atoms with Gasteiger partial charge in [0, 0.05) is 16.6 Å². The van der Waals surface area contributed by atoms with Crippen molar-refractivity contribution in [2.24, 2.45) is 0 Å². The summed E-state index contributed by atoms with van der Waals surface area (Å²) in [7, 11) is 0. The number of rotatable bonds is 4. The fraction of sp³-hybridized carbons (Fsp3) is 0.350. The molecule has 140 valence electrons. The fourth-order valence-corrected chi connectivity index (χ4v) is 3.32. The van der Waals surface area contributed by atoms with Crippen molar-refractivity contribution in [2.45, 2.75) is 45.7 Å². The predicted octanol–water partition coefficient (Wildman–Crippen LogP) is 5.73. The lowest BCUT2D eigenvalue weighted by Crippen LogP contribution is -2.54. The molecule has 0 saturated carbocycles. The Kier molecular flexibility index (Phi) is 5.42. The van der Waals surface area contributed by atoms with E-state index in [9.17, 15) is 9.90 Å². The van der Waals surface area contributed by atoms with Crippen molar-refractivity contribution in [1.29, 1.82) is 0 Å². The average molecular weight is 377 g/mol. The number of amides is 1. The summed E-state index contributed by atoms with van der Waals surface area (Å²) in [5.41, 5.74) is 5.90. The lowest BCUT2D eigenvalue weighted by Gasteiger charge is -2.45. The first kappa shape index (κ1) is 19.9. The number of carbonyl (C=O) groups is 1. The van der Waals surface area contributed by atoms with Crippen LogP contribution in [0.25, 0.3) is 0 Å². The number of nitrogens with zero attached hydrogens (tertiary/aromatic N) is 1. The maximum absolute atomic E-state index is 11.9. The number of nitrogens with two attached hydrogens (primary N) is 1. The van der Waals surface area contributed by atoms with Crippen LogP contribution in [0.3, 0.4) is 0 Å². The minimum Gasteiger partial charge on any atom is -0.465 e. The zero-order valence-electron chi connectivity index (χ0n) is 15.7. The highest BCUT2D eigenvalue weighted by atomic mass is 35.5.